The van der Waals surface area contributed by atoms with Gasteiger partial charge in [-0.25, -0.2) is 0 Å². The summed E-state index contributed by atoms with van der Waals surface area (Å²) in [5.74, 6) is -0.375. The van der Waals surface area contributed by atoms with Crippen LogP contribution in [-0.2, 0) is 22.6 Å². The average Bonchev–Trinajstić information content (AvgIpc) is 2.71. The molecular formula is C23H27Cl3N2O2. The summed E-state index contributed by atoms with van der Waals surface area (Å²) in [6.45, 7) is 6.07. The maximum atomic E-state index is 13.3. The van der Waals surface area contributed by atoms with Crippen molar-refractivity contribution in [2.45, 2.75) is 58.7 Å². The third-order valence-electron chi connectivity index (χ3n) is 5.04. The molecule has 2 rings (SSSR count). The van der Waals surface area contributed by atoms with Crippen molar-refractivity contribution in [2.75, 3.05) is 0 Å². The second-order valence-electron chi connectivity index (χ2n) is 7.27. The SMILES string of the molecule is CC[C@H](C)NC(=O)[C@H](CC)N(Cc1ccccc1Cl)C(=O)Cc1ccc(Cl)cc1Cl. The lowest BCUT2D eigenvalue weighted by Crippen LogP contribution is -2.51. The van der Waals surface area contributed by atoms with E-state index >= 15 is 0 Å². The fourth-order valence-electron chi connectivity index (χ4n) is 3.10. The van der Waals surface area contributed by atoms with Crippen molar-refractivity contribution in [1.82, 2.24) is 10.2 Å². The van der Waals surface area contributed by atoms with E-state index in [1.807, 2.05) is 39.0 Å². The minimum absolute atomic E-state index is 0.0227. The highest BCUT2D eigenvalue weighted by atomic mass is 35.5. The molecule has 0 fully saturated rings. The molecule has 1 N–H and O–H groups in total. The number of carbonyl (C=O) groups excluding carboxylic acids is 2. The molecule has 0 unspecified atom stereocenters. The standard InChI is InChI=1S/C23H27Cl3N2O2/c1-4-15(3)27-23(30)21(5-2)28(14-17-8-6-7-9-19(17)25)22(29)12-16-10-11-18(24)13-20(16)26/h6-11,13,15,21H,4-5,12,14H2,1-3H3,(H,27,30)/t15-,21-/m0/s1. The Morgan fingerprint density at radius 2 is 1.67 bits per heavy atom. The van der Waals surface area contributed by atoms with Crippen LogP contribution in [0.5, 0.6) is 0 Å². The van der Waals surface area contributed by atoms with E-state index in [-0.39, 0.29) is 30.8 Å². The molecule has 7 heteroatoms. The molecule has 0 heterocycles. The zero-order valence-electron chi connectivity index (χ0n) is 17.4. The minimum atomic E-state index is -0.617. The van der Waals surface area contributed by atoms with Gasteiger partial charge in [0.15, 0.2) is 0 Å². The molecule has 30 heavy (non-hydrogen) atoms. The Hall–Kier alpha value is -1.75. The fraction of sp³-hybridized carbons (Fsp3) is 0.391. The maximum absolute atomic E-state index is 13.3. The molecule has 0 bridgehead atoms. The topological polar surface area (TPSA) is 49.4 Å². The van der Waals surface area contributed by atoms with E-state index in [0.717, 1.165) is 12.0 Å². The Balaban J connectivity index is 2.34. The van der Waals surface area contributed by atoms with Crippen LogP contribution in [0.4, 0.5) is 0 Å². The second kappa shape index (κ2) is 11.6. The van der Waals surface area contributed by atoms with Gasteiger partial charge in [-0.1, -0.05) is 72.9 Å². The first kappa shape index (κ1) is 24.5. The van der Waals surface area contributed by atoms with Gasteiger partial charge in [0.25, 0.3) is 0 Å². The third kappa shape index (κ3) is 6.63. The van der Waals surface area contributed by atoms with Crippen LogP contribution in [0.15, 0.2) is 42.5 Å². The number of hydrogen-bond acceptors (Lipinski definition) is 2. The molecular weight excluding hydrogens is 443 g/mol. The highest BCUT2D eigenvalue weighted by Crippen LogP contribution is 2.24. The van der Waals surface area contributed by atoms with Crippen molar-refractivity contribution >= 4 is 46.6 Å². The summed E-state index contributed by atoms with van der Waals surface area (Å²) in [5.41, 5.74) is 1.44. The Morgan fingerprint density at radius 1 is 0.967 bits per heavy atom. The van der Waals surface area contributed by atoms with Gasteiger partial charge in [0, 0.05) is 27.7 Å². The van der Waals surface area contributed by atoms with Gasteiger partial charge in [-0.2, -0.15) is 0 Å². The van der Waals surface area contributed by atoms with Crippen LogP contribution >= 0.6 is 34.8 Å². The molecule has 2 atom stereocenters. The summed E-state index contributed by atoms with van der Waals surface area (Å²) in [5, 5.41) is 4.47. The van der Waals surface area contributed by atoms with Crippen LogP contribution < -0.4 is 5.32 Å². The number of amides is 2. The molecule has 2 aromatic carbocycles. The van der Waals surface area contributed by atoms with E-state index in [2.05, 4.69) is 5.32 Å². The normalized spacial score (nSPS) is 12.9. The number of nitrogens with zero attached hydrogens (tertiary/aromatic N) is 1. The van der Waals surface area contributed by atoms with E-state index in [4.69, 9.17) is 34.8 Å². The highest BCUT2D eigenvalue weighted by Gasteiger charge is 2.30. The molecule has 0 saturated carbocycles. The van der Waals surface area contributed by atoms with Crippen LogP contribution in [0, 0.1) is 0 Å². The van der Waals surface area contributed by atoms with Crippen LogP contribution in [0.25, 0.3) is 0 Å². The quantitative estimate of drug-likeness (QED) is 0.496. The Morgan fingerprint density at radius 3 is 2.27 bits per heavy atom. The van der Waals surface area contributed by atoms with E-state index in [0.29, 0.717) is 27.1 Å². The van der Waals surface area contributed by atoms with Crippen molar-refractivity contribution < 1.29 is 9.59 Å². The van der Waals surface area contributed by atoms with Gasteiger partial charge in [-0.05, 0) is 49.1 Å². The first-order chi connectivity index (χ1) is 14.3. The predicted octanol–water partition coefficient (Wildman–Crippen LogP) is 5.91. The smallest absolute Gasteiger partial charge is 0.243 e. The van der Waals surface area contributed by atoms with Crippen molar-refractivity contribution in [1.29, 1.82) is 0 Å². The second-order valence-corrected chi connectivity index (χ2v) is 8.52. The fourth-order valence-corrected chi connectivity index (χ4v) is 3.77. The van der Waals surface area contributed by atoms with Gasteiger partial charge in [-0.15, -0.1) is 0 Å². The lowest BCUT2D eigenvalue weighted by Gasteiger charge is -2.32. The Labute approximate surface area is 193 Å². The molecule has 0 aromatic heterocycles. The summed E-state index contributed by atoms with van der Waals surface area (Å²) < 4.78 is 0. The summed E-state index contributed by atoms with van der Waals surface area (Å²) in [4.78, 5) is 27.9. The summed E-state index contributed by atoms with van der Waals surface area (Å²) in [6.07, 6.45) is 1.35. The van der Waals surface area contributed by atoms with Gasteiger partial charge < -0.3 is 10.2 Å². The molecule has 162 valence electrons. The largest absolute Gasteiger partial charge is 0.352 e. The number of halogens is 3. The first-order valence-electron chi connectivity index (χ1n) is 10.0. The van der Waals surface area contributed by atoms with Gasteiger partial charge >= 0.3 is 0 Å². The van der Waals surface area contributed by atoms with Gasteiger partial charge in [0.05, 0.1) is 6.42 Å². The van der Waals surface area contributed by atoms with Crippen molar-refractivity contribution in [3.63, 3.8) is 0 Å². The molecule has 4 nitrogen and oxygen atoms in total. The molecule has 0 saturated heterocycles. The summed E-state index contributed by atoms with van der Waals surface area (Å²) in [7, 11) is 0. The lowest BCUT2D eigenvalue weighted by atomic mass is 10.1. The summed E-state index contributed by atoms with van der Waals surface area (Å²) in [6, 6.07) is 11.8. The third-order valence-corrected chi connectivity index (χ3v) is 6.00. The Kier molecular flexibility index (Phi) is 9.47. The van der Waals surface area contributed by atoms with E-state index in [1.165, 1.54) is 0 Å². The maximum Gasteiger partial charge on any atom is 0.243 e. The molecule has 2 amide bonds. The average molecular weight is 470 g/mol. The molecule has 2 aromatic rings. The minimum Gasteiger partial charge on any atom is -0.352 e. The van der Waals surface area contributed by atoms with Crippen LogP contribution in [0.2, 0.25) is 15.1 Å². The van der Waals surface area contributed by atoms with E-state index in [1.54, 1.807) is 29.2 Å². The van der Waals surface area contributed by atoms with Crippen LogP contribution in [0.1, 0.15) is 44.7 Å². The van der Waals surface area contributed by atoms with E-state index < -0.39 is 6.04 Å². The van der Waals surface area contributed by atoms with Crippen molar-refractivity contribution in [2.24, 2.45) is 0 Å². The Bertz CT molecular complexity index is 889. The van der Waals surface area contributed by atoms with Crippen LogP contribution in [-0.4, -0.2) is 28.8 Å². The van der Waals surface area contributed by atoms with Gasteiger partial charge in [0.1, 0.15) is 6.04 Å². The molecule has 0 aliphatic carbocycles. The van der Waals surface area contributed by atoms with Crippen molar-refractivity contribution in [3.8, 4) is 0 Å². The molecule has 0 aliphatic rings. The predicted molar refractivity (Wildman–Crippen MR) is 124 cm³/mol. The molecule has 0 aliphatic heterocycles. The van der Waals surface area contributed by atoms with Crippen molar-refractivity contribution in [3.05, 3.63) is 68.7 Å². The number of benzene rings is 2. The van der Waals surface area contributed by atoms with Gasteiger partial charge in [-0.3, -0.25) is 9.59 Å². The number of nitrogens with one attached hydrogen (secondary N) is 1. The summed E-state index contributed by atoms with van der Waals surface area (Å²) >= 11 is 18.6. The zero-order valence-corrected chi connectivity index (χ0v) is 19.7. The molecule has 0 spiro atoms. The van der Waals surface area contributed by atoms with Gasteiger partial charge in [0.2, 0.25) is 11.8 Å². The lowest BCUT2D eigenvalue weighted by molar-refractivity contribution is -0.141. The van der Waals surface area contributed by atoms with E-state index in [9.17, 15) is 9.59 Å². The zero-order chi connectivity index (χ0) is 22.3. The number of hydrogen-bond donors (Lipinski definition) is 1. The first-order valence-corrected chi connectivity index (χ1v) is 11.2. The highest BCUT2D eigenvalue weighted by molar-refractivity contribution is 6.35. The number of carbonyl (C=O) groups is 2. The monoisotopic (exact) mass is 468 g/mol. The van der Waals surface area contributed by atoms with Crippen LogP contribution in [0.3, 0.4) is 0 Å². The number of rotatable bonds is 9. The molecule has 0 radical (unpaired) electrons.